The summed E-state index contributed by atoms with van der Waals surface area (Å²) in [6, 6.07) is 3.49. The number of rotatable bonds is 4. The fraction of sp³-hybridized carbons (Fsp3) is 0.357. The molecule has 1 aromatic carbocycles. The minimum atomic E-state index is -0.479. The third-order valence-electron chi connectivity index (χ3n) is 3.04. The van der Waals surface area contributed by atoms with Crippen molar-refractivity contribution >= 4 is 44.1 Å². The summed E-state index contributed by atoms with van der Waals surface area (Å²) in [5, 5.41) is 11.9. The molecule has 0 atom stereocenters. The summed E-state index contributed by atoms with van der Waals surface area (Å²) in [4.78, 5) is 15.4. The molecule has 0 radical (unpaired) electrons. The molecule has 0 bridgehead atoms. The molecule has 0 saturated carbocycles. The van der Waals surface area contributed by atoms with E-state index in [1.54, 1.807) is 12.1 Å². The second kappa shape index (κ2) is 6.15. The van der Waals surface area contributed by atoms with Gasteiger partial charge in [-0.2, -0.15) is 0 Å². The van der Waals surface area contributed by atoms with Crippen molar-refractivity contribution in [2.75, 3.05) is 7.11 Å². The van der Waals surface area contributed by atoms with E-state index in [0.717, 1.165) is 4.47 Å². The summed E-state index contributed by atoms with van der Waals surface area (Å²) in [7, 11) is 1.49. The van der Waals surface area contributed by atoms with Gasteiger partial charge in [-0.05, 0) is 40.4 Å². The van der Waals surface area contributed by atoms with E-state index in [0.29, 0.717) is 28.8 Å². The third-order valence-corrected chi connectivity index (χ3v) is 4.05. The lowest BCUT2D eigenvalue weighted by atomic mass is 10.0. The number of hydrogen-bond acceptors (Lipinski definition) is 4. The molecular formula is C14H14BrClN2O3. The summed E-state index contributed by atoms with van der Waals surface area (Å²) in [6.45, 7) is 3.95. The minimum absolute atomic E-state index is 0.0683. The molecule has 0 fully saturated rings. The highest BCUT2D eigenvalue weighted by atomic mass is 79.9. The summed E-state index contributed by atoms with van der Waals surface area (Å²) in [6.07, 6.45) is 0.482. The van der Waals surface area contributed by atoms with Crippen molar-refractivity contribution < 1.29 is 9.66 Å². The van der Waals surface area contributed by atoms with Crippen LogP contribution in [0.4, 0.5) is 5.69 Å². The molecule has 1 heterocycles. The number of ether oxygens (including phenoxy) is 1. The summed E-state index contributed by atoms with van der Waals surface area (Å²) in [5.74, 6) is 0.694. The lowest BCUT2D eigenvalue weighted by molar-refractivity contribution is -0.385. The van der Waals surface area contributed by atoms with Crippen molar-refractivity contribution in [3.63, 3.8) is 0 Å². The van der Waals surface area contributed by atoms with Crippen LogP contribution in [0.15, 0.2) is 16.6 Å². The van der Waals surface area contributed by atoms with Gasteiger partial charge in [0.2, 0.25) is 0 Å². The molecule has 0 saturated heterocycles. The zero-order valence-corrected chi connectivity index (χ0v) is 14.2. The van der Waals surface area contributed by atoms with Crippen molar-refractivity contribution in [2.24, 2.45) is 5.92 Å². The first-order chi connectivity index (χ1) is 9.86. The quantitative estimate of drug-likeness (QED) is 0.572. The van der Waals surface area contributed by atoms with Crippen LogP contribution >= 0.6 is 27.5 Å². The molecule has 0 aliphatic carbocycles. The predicted octanol–water partition coefficient (Wildman–Crippen LogP) is 4.77. The van der Waals surface area contributed by atoms with Crippen molar-refractivity contribution in [1.29, 1.82) is 0 Å². The first kappa shape index (κ1) is 16.0. The molecule has 0 N–H and O–H groups in total. The van der Waals surface area contributed by atoms with Crippen LogP contribution in [-0.2, 0) is 6.42 Å². The van der Waals surface area contributed by atoms with E-state index in [1.165, 1.54) is 7.11 Å². The van der Waals surface area contributed by atoms with Crippen molar-refractivity contribution in [1.82, 2.24) is 4.98 Å². The zero-order valence-electron chi connectivity index (χ0n) is 11.8. The van der Waals surface area contributed by atoms with Crippen molar-refractivity contribution in [3.8, 4) is 5.75 Å². The van der Waals surface area contributed by atoms with Gasteiger partial charge < -0.3 is 4.74 Å². The number of benzene rings is 1. The number of nitro groups is 1. The Morgan fingerprint density at radius 1 is 1.48 bits per heavy atom. The number of fused-ring (bicyclic) bond motifs is 1. The van der Waals surface area contributed by atoms with Crippen LogP contribution in [0.1, 0.15) is 19.5 Å². The van der Waals surface area contributed by atoms with E-state index >= 15 is 0 Å². The minimum Gasteiger partial charge on any atom is -0.496 e. The maximum atomic E-state index is 11.4. The summed E-state index contributed by atoms with van der Waals surface area (Å²) in [5.41, 5.74) is 0.816. The molecule has 0 spiro atoms. The number of hydrogen-bond donors (Lipinski definition) is 0. The van der Waals surface area contributed by atoms with Crippen molar-refractivity contribution in [2.45, 2.75) is 20.3 Å². The molecule has 2 rings (SSSR count). The molecule has 0 unspecified atom stereocenters. The molecular weight excluding hydrogens is 360 g/mol. The van der Waals surface area contributed by atoms with Crippen LogP contribution in [-0.4, -0.2) is 17.0 Å². The Morgan fingerprint density at radius 2 is 2.14 bits per heavy atom. The highest BCUT2D eigenvalue weighted by molar-refractivity contribution is 9.10. The van der Waals surface area contributed by atoms with Crippen molar-refractivity contribution in [3.05, 3.63) is 37.4 Å². The largest absolute Gasteiger partial charge is 0.496 e. The Kier molecular flexibility index (Phi) is 4.68. The fourth-order valence-electron chi connectivity index (χ4n) is 2.19. The Balaban J connectivity index is 2.90. The first-order valence-electron chi connectivity index (χ1n) is 6.35. The van der Waals surface area contributed by atoms with E-state index in [2.05, 4.69) is 20.9 Å². The lowest BCUT2D eigenvalue weighted by Gasteiger charge is -2.12. The van der Waals surface area contributed by atoms with Crippen LogP contribution in [0.3, 0.4) is 0 Å². The molecule has 21 heavy (non-hydrogen) atoms. The normalized spacial score (nSPS) is 11.1. The van der Waals surface area contributed by atoms with Gasteiger partial charge in [0.1, 0.15) is 16.5 Å². The zero-order chi connectivity index (χ0) is 15.7. The summed E-state index contributed by atoms with van der Waals surface area (Å²) >= 11 is 9.71. The second-order valence-corrected chi connectivity index (χ2v) is 6.28. The van der Waals surface area contributed by atoms with Gasteiger partial charge in [0.15, 0.2) is 0 Å². The van der Waals surface area contributed by atoms with Gasteiger partial charge in [-0.25, -0.2) is 4.98 Å². The molecule has 0 aliphatic rings. The van der Waals surface area contributed by atoms with Gasteiger partial charge >= 0.3 is 5.69 Å². The monoisotopic (exact) mass is 372 g/mol. The number of halogens is 2. The van der Waals surface area contributed by atoms with Gasteiger partial charge in [0, 0.05) is 4.47 Å². The average molecular weight is 374 g/mol. The van der Waals surface area contributed by atoms with Crippen LogP contribution in [0.5, 0.6) is 5.75 Å². The van der Waals surface area contributed by atoms with Crippen LogP contribution in [0.25, 0.3) is 10.9 Å². The lowest BCUT2D eigenvalue weighted by Crippen LogP contribution is -2.05. The highest BCUT2D eigenvalue weighted by Gasteiger charge is 2.26. The Hall–Kier alpha value is -1.40. The van der Waals surface area contributed by atoms with Gasteiger partial charge in [-0.15, -0.1) is 0 Å². The first-order valence-corrected chi connectivity index (χ1v) is 7.52. The molecule has 0 amide bonds. The molecule has 0 aliphatic heterocycles. The van der Waals surface area contributed by atoms with Crippen LogP contribution in [0.2, 0.25) is 5.02 Å². The smallest absolute Gasteiger partial charge is 0.309 e. The van der Waals surface area contributed by atoms with Gasteiger partial charge in [-0.1, -0.05) is 25.4 Å². The maximum Gasteiger partial charge on any atom is 0.309 e. The number of nitrogens with zero attached hydrogens (tertiary/aromatic N) is 2. The molecule has 112 valence electrons. The highest BCUT2D eigenvalue weighted by Crippen LogP contribution is 2.42. The fourth-order valence-corrected chi connectivity index (χ4v) is 2.97. The number of aromatic nitrogens is 1. The maximum absolute atomic E-state index is 11.4. The second-order valence-electron chi connectivity index (χ2n) is 5.05. The van der Waals surface area contributed by atoms with E-state index in [1.807, 2.05) is 13.8 Å². The third kappa shape index (κ3) is 2.96. The van der Waals surface area contributed by atoms with Gasteiger partial charge in [-0.3, -0.25) is 10.1 Å². The molecule has 5 nitrogen and oxygen atoms in total. The Labute approximate surface area is 135 Å². The van der Waals surface area contributed by atoms with Crippen LogP contribution in [0, 0.1) is 16.0 Å². The SMILES string of the molecule is COc1ccc(Br)c2nc(CC(C)C)c([N+](=O)[O-])c(Cl)c12. The molecule has 2 aromatic rings. The van der Waals surface area contributed by atoms with E-state index in [9.17, 15) is 10.1 Å². The van der Waals surface area contributed by atoms with Gasteiger partial charge in [0.05, 0.1) is 22.9 Å². The van der Waals surface area contributed by atoms with Crippen LogP contribution < -0.4 is 4.74 Å². The standard InChI is InChI=1S/C14H14BrClN2O3/c1-7(2)6-9-14(18(19)20)12(16)11-10(21-3)5-4-8(15)13(11)17-9/h4-5,7H,6H2,1-3H3. The topological polar surface area (TPSA) is 65.3 Å². The summed E-state index contributed by atoms with van der Waals surface area (Å²) < 4.78 is 5.97. The predicted molar refractivity (Wildman–Crippen MR) is 86.2 cm³/mol. The van der Waals surface area contributed by atoms with E-state index in [4.69, 9.17) is 16.3 Å². The Bertz CT molecular complexity index is 719. The van der Waals surface area contributed by atoms with E-state index in [-0.39, 0.29) is 16.6 Å². The Morgan fingerprint density at radius 3 is 2.67 bits per heavy atom. The molecule has 1 aromatic heterocycles. The van der Waals surface area contributed by atoms with E-state index < -0.39 is 4.92 Å². The number of methoxy groups -OCH3 is 1. The molecule has 7 heteroatoms. The van der Waals surface area contributed by atoms with Gasteiger partial charge in [0.25, 0.3) is 0 Å². The number of pyridine rings is 1. The average Bonchev–Trinajstić information content (AvgIpc) is 2.39.